The van der Waals surface area contributed by atoms with Gasteiger partial charge in [0.2, 0.25) is 0 Å². The Bertz CT molecular complexity index is 491. The third-order valence-electron chi connectivity index (χ3n) is 3.88. The van der Waals surface area contributed by atoms with Crippen molar-refractivity contribution in [2.45, 2.75) is 56.9 Å². The third-order valence-corrected chi connectivity index (χ3v) is 3.88. The predicted octanol–water partition coefficient (Wildman–Crippen LogP) is 0.801. The molecule has 0 saturated carbocycles. The molecule has 22 heavy (non-hydrogen) atoms. The summed E-state index contributed by atoms with van der Waals surface area (Å²) in [5, 5.41) is 19.1. The van der Waals surface area contributed by atoms with Crippen molar-refractivity contribution in [3.63, 3.8) is 0 Å². The molecule has 3 rings (SSSR count). The molecule has 1 aromatic carbocycles. The topological polar surface area (TPSA) is 77.4 Å². The van der Waals surface area contributed by atoms with Gasteiger partial charge in [-0.05, 0) is 19.4 Å². The molecule has 0 aromatic heterocycles. The summed E-state index contributed by atoms with van der Waals surface area (Å²) in [6, 6.07) is 9.73. The Morgan fingerprint density at radius 3 is 2.64 bits per heavy atom. The van der Waals surface area contributed by atoms with Crippen molar-refractivity contribution in [2.24, 2.45) is 0 Å². The number of hydrogen-bond acceptors (Lipinski definition) is 6. The first-order valence-electron chi connectivity index (χ1n) is 7.46. The van der Waals surface area contributed by atoms with Crippen molar-refractivity contribution in [3.05, 3.63) is 35.9 Å². The maximum atomic E-state index is 9.94. The second kappa shape index (κ2) is 6.23. The molecule has 6 nitrogen and oxygen atoms in total. The van der Waals surface area contributed by atoms with Crippen LogP contribution in [0.15, 0.2) is 30.3 Å². The molecule has 0 spiro atoms. The van der Waals surface area contributed by atoms with E-state index in [4.69, 9.17) is 18.9 Å². The van der Waals surface area contributed by atoms with Gasteiger partial charge in [-0.2, -0.15) is 0 Å². The van der Waals surface area contributed by atoms with Crippen molar-refractivity contribution in [2.75, 3.05) is 6.61 Å². The number of benzene rings is 1. The average Bonchev–Trinajstić information content (AvgIpc) is 2.97. The minimum atomic E-state index is -1.04. The van der Waals surface area contributed by atoms with Crippen LogP contribution in [0.5, 0.6) is 0 Å². The highest BCUT2D eigenvalue weighted by molar-refractivity contribution is 5.13. The summed E-state index contributed by atoms with van der Waals surface area (Å²) < 4.78 is 23.1. The molecule has 0 radical (unpaired) electrons. The molecule has 2 saturated heterocycles. The van der Waals surface area contributed by atoms with Crippen molar-refractivity contribution < 1.29 is 29.2 Å². The molecule has 0 unspecified atom stereocenters. The molecule has 2 aliphatic heterocycles. The van der Waals surface area contributed by atoms with E-state index in [-0.39, 0.29) is 0 Å². The molecule has 1 aromatic rings. The van der Waals surface area contributed by atoms with Gasteiger partial charge in [0.05, 0.1) is 13.2 Å². The summed E-state index contributed by atoms with van der Waals surface area (Å²) in [7, 11) is 0. The van der Waals surface area contributed by atoms with Gasteiger partial charge >= 0.3 is 0 Å². The van der Waals surface area contributed by atoms with E-state index < -0.39 is 43.1 Å². The van der Waals surface area contributed by atoms with E-state index in [0.717, 1.165) is 5.56 Å². The Kier molecular flexibility index (Phi) is 4.49. The van der Waals surface area contributed by atoms with E-state index in [1.165, 1.54) is 0 Å². The van der Waals surface area contributed by atoms with Gasteiger partial charge in [0.15, 0.2) is 12.1 Å². The van der Waals surface area contributed by atoms with E-state index in [2.05, 4.69) is 0 Å². The highest BCUT2D eigenvalue weighted by Crippen LogP contribution is 2.39. The largest absolute Gasteiger partial charge is 0.394 e. The summed E-state index contributed by atoms with van der Waals surface area (Å²) in [6.07, 6.45) is -3.25. The van der Waals surface area contributed by atoms with Crippen LogP contribution in [0, 0.1) is 0 Å². The van der Waals surface area contributed by atoms with Gasteiger partial charge in [0, 0.05) is 0 Å². The second-order valence-corrected chi connectivity index (χ2v) is 6.08. The average molecular weight is 310 g/mol. The molecule has 5 atom stereocenters. The van der Waals surface area contributed by atoms with Gasteiger partial charge in [-0.15, -0.1) is 0 Å². The molecule has 2 N–H and O–H groups in total. The van der Waals surface area contributed by atoms with E-state index in [1.807, 2.05) is 30.3 Å². The zero-order valence-corrected chi connectivity index (χ0v) is 12.7. The van der Waals surface area contributed by atoms with E-state index >= 15 is 0 Å². The smallest absolute Gasteiger partial charge is 0.190 e. The fraction of sp³-hybridized carbons (Fsp3) is 0.625. The molecule has 2 fully saturated rings. The lowest BCUT2D eigenvalue weighted by atomic mass is 10.1. The normalized spacial score (nSPS) is 34.5. The third kappa shape index (κ3) is 3.17. The Labute approximate surface area is 129 Å². The SMILES string of the molecule is CC1(C)O[C@H]2O[C@H]([C@H](O)CO)[C@H](OCc3ccccc3)[C@@H]2O1. The van der Waals surface area contributed by atoms with Gasteiger partial charge < -0.3 is 29.2 Å². The predicted molar refractivity (Wildman–Crippen MR) is 76.8 cm³/mol. The van der Waals surface area contributed by atoms with Crippen LogP contribution in [-0.2, 0) is 25.6 Å². The zero-order chi connectivity index (χ0) is 15.7. The molecule has 6 heteroatoms. The number of fused-ring (bicyclic) bond motifs is 1. The summed E-state index contributed by atoms with van der Waals surface area (Å²) in [5.74, 6) is -0.751. The summed E-state index contributed by atoms with van der Waals surface area (Å²) >= 11 is 0. The Hall–Kier alpha value is -1.02. The van der Waals surface area contributed by atoms with Crippen molar-refractivity contribution >= 4 is 0 Å². The van der Waals surface area contributed by atoms with Crippen molar-refractivity contribution in [1.29, 1.82) is 0 Å². The lowest BCUT2D eigenvalue weighted by Crippen LogP contribution is -2.44. The van der Waals surface area contributed by atoms with Crippen LogP contribution in [0.4, 0.5) is 0 Å². The Morgan fingerprint density at radius 2 is 1.95 bits per heavy atom. The summed E-state index contributed by atoms with van der Waals surface area (Å²) in [5.41, 5.74) is 1.02. The molecular weight excluding hydrogens is 288 g/mol. The van der Waals surface area contributed by atoms with E-state index in [0.29, 0.717) is 6.61 Å². The quantitative estimate of drug-likeness (QED) is 0.838. The van der Waals surface area contributed by atoms with Crippen molar-refractivity contribution in [3.8, 4) is 0 Å². The van der Waals surface area contributed by atoms with Crippen LogP contribution in [0.1, 0.15) is 19.4 Å². The monoisotopic (exact) mass is 310 g/mol. The van der Waals surface area contributed by atoms with Crippen LogP contribution < -0.4 is 0 Å². The van der Waals surface area contributed by atoms with E-state index in [9.17, 15) is 10.2 Å². The van der Waals surface area contributed by atoms with Gasteiger partial charge in [-0.1, -0.05) is 30.3 Å². The Morgan fingerprint density at radius 1 is 1.23 bits per heavy atom. The molecular formula is C16H22O6. The highest BCUT2D eigenvalue weighted by atomic mass is 16.8. The molecule has 0 aliphatic carbocycles. The lowest BCUT2D eigenvalue weighted by molar-refractivity contribution is -0.232. The van der Waals surface area contributed by atoms with Crippen LogP contribution in [0.2, 0.25) is 0 Å². The van der Waals surface area contributed by atoms with E-state index in [1.54, 1.807) is 13.8 Å². The second-order valence-electron chi connectivity index (χ2n) is 6.08. The molecule has 2 heterocycles. The minimum absolute atomic E-state index is 0.372. The number of hydrogen-bond donors (Lipinski definition) is 2. The van der Waals surface area contributed by atoms with Crippen LogP contribution in [-0.4, -0.2) is 53.3 Å². The van der Waals surface area contributed by atoms with Gasteiger partial charge in [0.25, 0.3) is 0 Å². The maximum absolute atomic E-state index is 9.94. The van der Waals surface area contributed by atoms with Crippen LogP contribution in [0.25, 0.3) is 0 Å². The number of aliphatic hydroxyl groups is 2. The number of ether oxygens (including phenoxy) is 4. The first-order valence-corrected chi connectivity index (χ1v) is 7.46. The van der Waals surface area contributed by atoms with Gasteiger partial charge in [-0.25, -0.2) is 0 Å². The molecule has 0 bridgehead atoms. The zero-order valence-electron chi connectivity index (χ0n) is 12.7. The van der Waals surface area contributed by atoms with Crippen molar-refractivity contribution in [1.82, 2.24) is 0 Å². The minimum Gasteiger partial charge on any atom is -0.394 e. The first-order chi connectivity index (χ1) is 10.5. The molecule has 2 aliphatic rings. The molecule has 122 valence electrons. The van der Waals surface area contributed by atoms with Gasteiger partial charge in [-0.3, -0.25) is 0 Å². The number of rotatable bonds is 5. The number of aliphatic hydroxyl groups excluding tert-OH is 2. The fourth-order valence-electron chi connectivity index (χ4n) is 2.87. The summed E-state index contributed by atoms with van der Waals surface area (Å²) in [6.45, 7) is 3.58. The fourth-order valence-corrected chi connectivity index (χ4v) is 2.87. The van der Waals surface area contributed by atoms with Crippen LogP contribution >= 0.6 is 0 Å². The Balaban J connectivity index is 1.71. The van der Waals surface area contributed by atoms with Crippen LogP contribution in [0.3, 0.4) is 0 Å². The standard InChI is InChI=1S/C16H22O6/c1-16(2)21-14-13(19-9-10-6-4-3-5-7-10)12(11(18)8-17)20-15(14)22-16/h3-7,11-15,17-18H,8-9H2,1-2H3/t11-,12-,13+,14+,15-/m1/s1. The summed E-state index contributed by atoms with van der Waals surface area (Å²) in [4.78, 5) is 0. The highest BCUT2D eigenvalue weighted by Gasteiger charge is 2.56. The lowest BCUT2D eigenvalue weighted by Gasteiger charge is -2.28. The first kappa shape index (κ1) is 15.9. The molecule has 0 amide bonds. The van der Waals surface area contributed by atoms with Gasteiger partial charge in [0.1, 0.15) is 24.4 Å². The maximum Gasteiger partial charge on any atom is 0.190 e.